The Hall–Kier alpha value is -4.82. The van der Waals surface area contributed by atoms with Gasteiger partial charge in [0.2, 0.25) is 10.9 Å². The summed E-state index contributed by atoms with van der Waals surface area (Å²) in [5.74, 6) is -0.924. The van der Waals surface area contributed by atoms with Gasteiger partial charge in [-0.05, 0) is 51.4 Å². The Balaban J connectivity index is 1.21. The number of ether oxygens (including phenoxy) is 1. The molecule has 3 aliphatic rings. The Morgan fingerprint density at radius 1 is 0.882 bits per heavy atom. The highest BCUT2D eigenvalue weighted by atomic mass is 19.1. The summed E-state index contributed by atoms with van der Waals surface area (Å²) in [5.41, 5.74) is 1.17. The number of hydrogen-bond donors (Lipinski definition) is 1. The van der Waals surface area contributed by atoms with Gasteiger partial charge in [0, 0.05) is 82.2 Å². The van der Waals surface area contributed by atoms with Crippen molar-refractivity contribution in [2.75, 3.05) is 69.3 Å². The molecule has 1 atom stereocenters. The molecular weight excluding hydrogens is 658 g/mol. The summed E-state index contributed by atoms with van der Waals surface area (Å²) >= 11 is 0. The van der Waals surface area contributed by atoms with Gasteiger partial charge in [-0.2, -0.15) is 0 Å². The van der Waals surface area contributed by atoms with E-state index in [9.17, 15) is 9.59 Å². The third-order valence-electron chi connectivity index (χ3n) is 10.6. The minimum Gasteiger partial charge on any atom is -0.492 e. The lowest BCUT2D eigenvalue weighted by molar-refractivity contribution is 0.270. The zero-order valence-corrected chi connectivity index (χ0v) is 29.3. The number of nitrogens with zero attached hydrogens (tertiary/aromatic N) is 7. The Kier molecular flexibility index (Phi) is 8.53. The van der Waals surface area contributed by atoms with E-state index < -0.39 is 22.5 Å². The molecule has 3 fully saturated rings. The average molecular weight is 701 g/mol. The highest BCUT2D eigenvalue weighted by Crippen LogP contribution is 2.41. The molecule has 0 spiro atoms. The molecule has 51 heavy (non-hydrogen) atoms. The Morgan fingerprint density at radius 2 is 1.57 bits per heavy atom. The zero-order chi connectivity index (χ0) is 35.6. The fraction of sp³-hybridized carbons (Fsp3) is 0.459. The molecule has 1 saturated carbocycles. The first-order valence-electron chi connectivity index (χ1n) is 17.8. The van der Waals surface area contributed by atoms with Crippen molar-refractivity contribution in [1.82, 2.24) is 29.5 Å². The van der Waals surface area contributed by atoms with Gasteiger partial charge in [0.15, 0.2) is 11.6 Å². The summed E-state index contributed by atoms with van der Waals surface area (Å²) in [4.78, 5) is 34.3. The molecule has 268 valence electrons. The maximum Gasteiger partial charge on any atom is 0.253 e. The van der Waals surface area contributed by atoms with Crippen LogP contribution in [-0.4, -0.2) is 89.7 Å². The molecule has 0 amide bonds. The van der Waals surface area contributed by atoms with Gasteiger partial charge in [-0.1, -0.05) is 6.92 Å². The number of nitrogens with one attached hydrogen (secondary N) is 1. The van der Waals surface area contributed by atoms with Crippen molar-refractivity contribution in [2.24, 2.45) is 0 Å². The van der Waals surface area contributed by atoms with Crippen molar-refractivity contribution in [2.45, 2.75) is 52.2 Å². The van der Waals surface area contributed by atoms with E-state index in [4.69, 9.17) is 9.15 Å². The fourth-order valence-electron chi connectivity index (χ4n) is 7.67. The summed E-state index contributed by atoms with van der Waals surface area (Å²) < 4.78 is 47.3. The van der Waals surface area contributed by atoms with Gasteiger partial charge in [0.25, 0.3) is 11.8 Å². The largest absolute Gasteiger partial charge is 0.492 e. The molecule has 12 nitrogen and oxygen atoms in total. The quantitative estimate of drug-likeness (QED) is 0.246. The molecule has 2 aliphatic heterocycles. The second kappa shape index (κ2) is 13.1. The topological polar surface area (TPSA) is 114 Å². The molecule has 2 saturated heterocycles. The van der Waals surface area contributed by atoms with Crippen LogP contribution in [0.5, 0.6) is 5.75 Å². The highest BCUT2D eigenvalue weighted by molar-refractivity contribution is 5.93. The maximum absolute atomic E-state index is 15.9. The lowest BCUT2D eigenvalue weighted by Gasteiger charge is -2.35. The van der Waals surface area contributed by atoms with Crippen LogP contribution in [0.2, 0.25) is 0 Å². The van der Waals surface area contributed by atoms with Crippen LogP contribution < -0.4 is 30.7 Å². The number of aromatic nitrogens is 4. The molecule has 1 N–H and O–H groups in total. The van der Waals surface area contributed by atoms with Crippen molar-refractivity contribution in [3.05, 3.63) is 62.7 Å². The summed E-state index contributed by atoms with van der Waals surface area (Å²) in [6.07, 6.45) is 5.17. The number of rotatable bonds is 8. The Bertz CT molecular complexity index is 2270. The maximum atomic E-state index is 15.9. The van der Waals surface area contributed by atoms with Gasteiger partial charge in [0.1, 0.15) is 22.6 Å². The first-order chi connectivity index (χ1) is 24.7. The minimum atomic E-state index is -0.563. The highest BCUT2D eigenvalue weighted by Gasteiger charge is 2.31. The number of pyridine rings is 2. The third kappa shape index (κ3) is 5.74. The summed E-state index contributed by atoms with van der Waals surface area (Å²) in [5, 5.41) is 12.1. The van der Waals surface area contributed by atoms with Gasteiger partial charge in [-0.3, -0.25) is 9.59 Å². The number of fused-ring (bicyclic) bond motifs is 2. The van der Waals surface area contributed by atoms with Crippen LogP contribution in [0.25, 0.3) is 44.7 Å². The van der Waals surface area contributed by atoms with E-state index in [-0.39, 0.29) is 51.5 Å². The summed E-state index contributed by atoms with van der Waals surface area (Å²) in [6.45, 7) is 12.4. The van der Waals surface area contributed by atoms with Gasteiger partial charge >= 0.3 is 0 Å². The first kappa shape index (κ1) is 33.3. The van der Waals surface area contributed by atoms with Crippen LogP contribution in [0.4, 0.5) is 20.2 Å². The van der Waals surface area contributed by atoms with Crippen molar-refractivity contribution < 1.29 is 17.9 Å². The van der Waals surface area contributed by atoms with Crippen LogP contribution in [0.15, 0.2) is 44.6 Å². The summed E-state index contributed by atoms with van der Waals surface area (Å²) in [6, 6.07) is 4.67. The monoisotopic (exact) mass is 700 g/mol. The molecule has 2 aromatic carbocycles. The number of piperazine rings is 2. The molecule has 8 rings (SSSR count). The first-order valence-corrected chi connectivity index (χ1v) is 17.8. The van der Waals surface area contributed by atoms with Crippen LogP contribution in [-0.2, 0) is 6.54 Å². The molecule has 5 aromatic rings. The number of methoxy groups -OCH3 is 1. The lowest BCUT2D eigenvalue weighted by Crippen LogP contribution is -2.49. The average Bonchev–Trinajstić information content (AvgIpc) is 3.87. The van der Waals surface area contributed by atoms with Crippen molar-refractivity contribution in [3.63, 3.8) is 0 Å². The van der Waals surface area contributed by atoms with Gasteiger partial charge < -0.3 is 38.3 Å². The SMILES string of the molecule is CCN1CCN(c2cc3c(cc2F)c(=O)c(-c2nnc(-c4cn(CC)c5c(OC)c(N6CCNC(C)C6)c(F)cc5c4=O)o2)cn3C2CC2)CC1. The molecule has 3 aromatic heterocycles. The van der Waals surface area contributed by atoms with Crippen LogP contribution in [0, 0.1) is 11.6 Å². The second-order valence-corrected chi connectivity index (χ2v) is 13.8. The number of aryl methyl sites for hydroxylation is 1. The van der Waals surface area contributed by atoms with Gasteiger partial charge in [-0.15, -0.1) is 10.2 Å². The number of halogens is 2. The minimum absolute atomic E-state index is 0.0651. The molecule has 14 heteroatoms. The van der Waals surface area contributed by atoms with E-state index in [1.165, 1.54) is 19.2 Å². The van der Waals surface area contributed by atoms with E-state index in [1.54, 1.807) is 18.5 Å². The summed E-state index contributed by atoms with van der Waals surface area (Å²) in [7, 11) is 1.48. The zero-order valence-electron chi connectivity index (χ0n) is 29.3. The van der Waals surface area contributed by atoms with Crippen molar-refractivity contribution in [1.29, 1.82) is 0 Å². The molecule has 1 aliphatic carbocycles. The third-order valence-corrected chi connectivity index (χ3v) is 10.6. The molecule has 0 radical (unpaired) electrons. The van der Waals surface area contributed by atoms with E-state index in [1.807, 2.05) is 32.8 Å². The van der Waals surface area contributed by atoms with Crippen LogP contribution in [0.1, 0.15) is 39.7 Å². The number of anilines is 2. The van der Waals surface area contributed by atoms with Gasteiger partial charge in [0.05, 0.1) is 29.2 Å². The Morgan fingerprint density at radius 3 is 2.22 bits per heavy atom. The normalized spacial score (nSPS) is 18.7. The fourth-order valence-corrected chi connectivity index (χ4v) is 7.67. The second-order valence-electron chi connectivity index (χ2n) is 13.8. The molecule has 1 unspecified atom stereocenters. The van der Waals surface area contributed by atoms with Crippen molar-refractivity contribution >= 4 is 33.2 Å². The van der Waals surface area contributed by atoms with E-state index >= 15 is 8.78 Å². The standard InChI is InChI=1S/C37H42F2N8O4/c1-5-43-11-13-45(14-12-43)30-17-29-23(15-27(30)38)33(48)26(20-47(29)22-7-8-22)37-42-41-36(51-37)25-19-44(6-2)31-24(34(25)49)16-28(39)32(35(31)50-4)46-10-9-40-21(3)18-46/h15-17,19-22,40H,5-14,18H2,1-4H3. The molecular formula is C37H42F2N8O4. The predicted molar refractivity (Wildman–Crippen MR) is 193 cm³/mol. The predicted octanol–water partition coefficient (Wildman–Crippen LogP) is 4.62. The lowest BCUT2D eigenvalue weighted by atomic mass is 10.1. The van der Waals surface area contributed by atoms with Crippen molar-refractivity contribution in [3.8, 4) is 28.7 Å². The van der Waals surface area contributed by atoms with E-state index in [2.05, 4.69) is 27.3 Å². The smallest absolute Gasteiger partial charge is 0.253 e. The van der Waals surface area contributed by atoms with Gasteiger partial charge in [-0.25, -0.2) is 8.78 Å². The molecule has 5 heterocycles. The Labute approximate surface area is 293 Å². The van der Waals surface area contributed by atoms with E-state index in [0.29, 0.717) is 61.7 Å². The number of likely N-dealkylation sites (N-methyl/N-ethyl adjacent to an activating group) is 1. The van der Waals surface area contributed by atoms with Crippen LogP contribution >= 0.6 is 0 Å². The molecule has 0 bridgehead atoms. The van der Waals surface area contributed by atoms with E-state index in [0.717, 1.165) is 32.5 Å². The number of hydrogen-bond acceptors (Lipinski definition) is 10. The van der Waals surface area contributed by atoms with Crippen LogP contribution in [0.3, 0.4) is 0 Å². The number of benzene rings is 2.